The van der Waals surface area contributed by atoms with E-state index in [1.54, 1.807) is 11.1 Å². The average Bonchev–Trinajstić information content (AvgIpc) is 2.61. The van der Waals surface area contributed by atoms with Gasteiger partial charge in [0.05, 0.1) is 0 Å². The van der Waals surface area contributed by atoms with Crippen LogP contribution in [0, 0.1) is 0 Å². The maximum absolute atomic E-state index is 12.3. The molecule has 2 aromatic rings. The second-order valence-corrected chi connectivity index (χ2v) is 6.51. The summed E-state index contributed by atoms with van der Waals surface area (Å²) in [6.45, 7) is 5.29. The summed E-state index contributed by atoms with van der Waals surface area (Å²) in [5, 5.41) is 7.79. The third-order valence-electron chi connectivity index (χ3n) is 4.87. The zero-order valence-electron chi connectivity index (χ0n) is 14.2. The molecule has 3 amide bonds. The van der Waals surface area contributed by atoms with Crippen molar-refractivity contribution < 1.29 is 9.59 Å². The lowest BCUT2D eigenvalue weighted by atomic mass is 10.1. The Morgan fingerprint density at radius 2 is 2.08 bits per heavy atom. The Balaban J connectivity index is 1.85. The van der Waals surface area contributed by atoms with Crippen molar-refractivity contribution in [3.63, 3.8) is 0 Å². The predicted molar refractivity (Wildman–Crippen MR) is 96.9 cm³/mol. The summed E-state index contributed by atoms with van der Waals surface area (Å²) >= 11 is 0. The van der Waals surface area contributed by atoms with E-state index >= 15 is 0 Å². The molecule has 0 spiro atoms. The standard InChI is InChI=1S/C18H21N5O2/c1-12-11-19-8-10-22(12)14-4-2-3-13-5-7-20-17(16(13)14)23-9-6-15(24)21-18(23)25/h2-5,7,12,19H,6,8-11H2,1H3,(H,21,24,25)/t12-/m0/s1. The number of piperazine rings is 1. The zero-order chi connectivity index (χ0) is 17.4. The summed E-state index contributed by atoms with van der Waals surface area (Å²) in [4.78, 5) is 32.2. The van der Waals surface area contributed by atoms with E-state index in [1.165, 1.54) is 0 Å². The molecule has 2 fully saturated rings. The molecule has 1 aromatic heterocycles. The topological polar surface area (TPSA) is 77.6 Å². The van der Waals surface area contributed by atoms with Crippen LogP contribution in [-0.2, 0) is 4.79 Å². The maximum atomic E-state index is 12.3. The summed E-state index contributed by atoms with van der Waals surface area (Å²) in [5.74, 6) is 0.376. The molecule has 7 nitrogen and oxygen atoms in total. The van der Waals surface area contributed by atoms with E-state index in [0.29, 0.717) is 18.4 Å². The van der Waals surface area contributed by atoms with Gasteiger partial charge in [0.15, 0.2) is 0 Å². The first-order valence-electron chi connectivity index (χ1n) is 8.61. The second kappa shape index (κ2) is 6.33. The van der Waals surface area contributed by atoms with Crippen LogP contribution < -0.4 is 20.4 Å². The highest BCUT2D eigenvalue weighted by atomic mass is 16.2. The van der Waals surface area contributed by atoms with Gasteiger partial charge in [-0.2, -0.15) is 0 Å². The smallest absolute Gasteiger partial charge is 0.329 e. The number of nitrogens with zero attached hydrogens (tertiary/aromatic N) is 3. The molecule has 0 aliphatic carbocycles. The Labute approximate surface area is 146 Å². The van der Waals surface area contributed by atoms with Crippen LogP contribution in [0.5, 0.6) is 0 Å². The number of amides is 3. The monoisotopic (exact) mass is 339 g/mol. The van der Waals surface area contributed by atoms with Crippen molar-refractivity contribution in [1.29, 1.82) is 0 Å². The van der Waals surface area contributed by atoms with Crippen LogP contribution >= 0.6 is 0 Å². The van der Waals surface area contributed by atoms with E-state index < -0.39 is 6.03 Å². The first-order valence-corrected chi connectivity index (χ1v) is 8.61. The van der Waals surface area contributed by atoms with Crippen LogP contribution in [0.15, 0.2) is 30.5 Å². The van der Waals surface area contributed by atoms with Crippen LogP contribution in [0.3, 0.4) is 0 Å². The molecule has 0 saturated carbocycles. The van der Waals surface area contributed by atoms with Gasteiger partial charge >= 0.3 is 6.03 Å². The molecule has 2 aliphatic rings. The molecule has 1 atom stereocenters. The van der Waals surface area contributed by atoms with Gasteiger partial charge in [0.25, 0.3) is 0 Å². The number of carbonyl (C=O) groups is 2. The highest BCUT2D eigenvalue weighted by Crippen LogP contribution is 2.35. The van der Waals surface area contributed by atoms with Gasteiger partial charge in [-0.1, -0.05) is 12.1 Å². The number of carbonyl (C=O) groups excluding carboxylic acids is 2. The summed E-state index contributed by atoms with van der Waals surface area (Å²) in [5.41, 5.74) is 1.08. The Morgan fingerprint density at radius 1 is 1.20 bits per heavy atom. The van der Waals surface area contributed by atoms with Gasteiger partial charge in [-0.15, -0.1) is 0 Å². The van der Waals surface area contributed by atoms with Crippen molar-refractivity contribution in [2.24, 2.45) is 0 Å². The minimum Gasteiger partial charge on any atom is -0.366 e. The lowest BCUT2D eigenvalue weighted by Crippen LogP contribution is -2.51. The molecule has 2 saturated heterocycles. The van der Waals surface area contributed by atoms with Gasteiger partial charge in [-0.05, 0) is 24.4 Å². The third kappa shape index (κ3) is 2.80. The van der Waals surface area contributed by atoms with Crippen molar-refractivity contribution in [2.75, 3.05) is 36.0 Å². The van der Waals surface area contributed by atoms with Crippen LogP contribution in [0.1, 0.15) is 13.3 Å². The molecule has 0 unspecified atom stereocenters. The fraction of sp³-hybridized carbons (Fsp3) is 0.389. The van der Waals surface area contributed by atoms with Crippen LogP contribution in [0.4, 0.5) is 16.3 Å². The van der Waals surface area contributed by atoms with Crippen molar-refractivity contribution >= 4 is 34.2 Å². The van der Waals surface area contributed by atoms with E-state index in [4.69, 9.17) is 0 Å². The van der Waals surface area contributed by atoms with Crippen LogP contribution in [0.25, 0.3) is 10.8 Å². The number of hydrogen-bond donors (Lipinski definition) is 2. The van der Waals surface area contributed by atoms with Gasteiger partial charge in [0.1, 0.15) is 5.82 Å². The van der Waals surface area contributed by atoms with Crippen LogP contribution in [-0.4, -0.2) is 49.1 Å². The van der Waals surface area contributed by atoms with Crippen molar-refractivity contribution in [1.82, 2.24) is 15.6 Å². The molecule has 3 heterocycles. The molecule has 4 rings (SSSR count). The van der Waals surface area contributed by atoms with Gasteiger partial charge in [0, 0.05) is 55.9 Å². The van der Waals surface area contributed by atoms with Gasteiger partial charge in [-0.25, -0.2) is 9.78 Å². The van der Waals surface area contributed by atoms with Crippen molar-refractivity contribution in [3.05, 3.63) is 30.5 Å². The second-order valence-electron chi connectivity index (χ2n) is 6.51. The third-order valence-corrected chi connectivity index (χ3v) is 4.87. The zero-order valence-corrected chi connectivity index (χ0v) is 14.2. The Hall–Kier alpha value is -2.67. The number of aromatic nitrogens is 1. The molecule has 2 N–H and O–H groups in total. The minimum absolute atomic E-state index is 0.238. The molecule has 0 bridgehead atoms. The highest BCUT2D eigenvalue weighted by Gasteiger charge is 2.28. The molecule has 0 radical (unpaired) electrons. The number of benzene rings is 1. The Kier molecular flexibility index (Phi) is 4.01. The lowest BCUT2D eigenvalue weighted by Gasteiger charge is -2.37. The summed E-state index contributed by atoms with van der Waals surface area (Å²) in [6, 6.07) is 8.06. The number of rotatable bonds is 2. The fourth-order valence-electron chi connectivity index (χ4n) is 3.60. The number of urea groups is 1. The van der Waals surface area contributed by atoms with Crippen molar-refractivity contribution in [2.45, 2.75) is 19.4 Å². The van der Waals surface area contributed by atoms with E-state index in [2.05, 4.69) is 33.5 Å². The van der Waals surface area contributed by atoms with E-state index in [9.17, 15) is 9.59 Å². The van der Waals surface area contributed by atoms with Gasteiger partial charge in [0.2, 0.25) is 5.91 Å². The Bertz CT molecular complexity index is 832. The lowest BCUT2D eigenvalue weighted by molar-refractivity contribution is -0.120. The number of anilines is 2. The summed E-state index contributed by atoms with van der Waals surface area (Å²) < 4.78 is 0. The number of pyridine rings is 1. The first kappa shape index (κ1) is 15.8. The fourth-order valence-corrected chi connectivity index (χ4v) is 3.60. The molecular weight excluding hydrogens is 318 g/mol. The highest BCUT2D eigenvalue weighted by molar-refractivity contribution is 6.11. The number of hydrogen-bond acceptors (Lipinski definition) is 5. The number of nitrogens with one attached hydrogen (secondary N) is 2. The molecule has 7 heteroatoms. The molecule has 130 valence electrons. The minimum atomic E-state index is -0.403. The predicted octanol–water partition coefficient (Wildman–Crippen LogP) is 1.48. The SMILES string of the molecule is C[C@H]1CNCCN1c1cccc2ccnc(N3CCC(=O)NC3=O)c12. The molecule has 25 heavy (non-hydrogen) atoms. The molecular formula is C18H21N5O2. The van der Waals surface area contributed by atoms with E-state index in [1.807, 2.05) is 18.2 Å². The van der Waals surface area contributed by atoms with Crippen LogP contribution in [0.2, 0.25) is 0 Å². The summed E-state index contributed by atoms with van der Waals surface area (Å²) in [7, 11) is 0. The number of imide groups is 1. The van der Waals surface area contributed by atoms with Gasteiger partial charge < -0.3 is 10.2 Å². The molecule has 1 aromatic carbocycles. The van der Waals surface area contributed by atoms with Gasteiger partial charge in [-0.3, -0.25) is 15.0 Å². The quantitative estimate of drug-likeness (QED) is 0.867. The summed E-state index contributed by atoms with van der Waals surface area (Å²) in [6.07, 6.45) is 2.00. The normalized spacial score (nSPS) is 21.6. The van der Waals surface area contributed by atoms with E-state index in [-0.39, 0.29) is 12.3 Å². The molecule has 2 aliphatic heterocycles. The Morgan fingerprint density at radius 3 is 2.88 bits per heavy atom. The first-order chi connectivity index (χ1) is 12.1. The number of fused-ring (bicyclic) bond motifs is 1. The maximum Gasteiger partial charge on any atom is 0.329 e. The average molecular weight is 339 g/mol. The van der Waals surface area contributed by atoms with E-state index in [0.717, 1.165) is 36.1 Å². The largest absolute Gasteiger partial charge is 0.366 e. The van der Waals surface area contributed by atoms with Crippen molar-refractivity contribution in [3.8, 4) is 0 Å².